The number of amides is 1. The number of carbonyl (C=O) groups excluding carboxylic acids is 1. The molecule has 0 radical (unpaired) electrons. The number of hydrogen-bond donors (Lipinski definition) is 3. The summed E-state index contributed by atoms with van der Waals surface area (Å²) in [5.41, 5.74) is -0.691. The van der Waals surface area contributed by atoms with Crippen LogP contribution in [-0.2, 0) is 9.59 Å². The van der Waals surface area contributed by atoms with E-state index in [0.29, 0.717) is 12.8 Å². The van der Waals surface area contributed by atoms with Gasteiger partial charge in [0.05, 0.1) is 12.0 Å². The summed E-state index contributed by atoms with van der Waals surface area (Å²) in [5, 5.41) is 14.3. The van der Waals surface area contributed by atoms with Crippen molar-refractivity contribution in [3.8, 4) is 0 Å². The molecule has 1 fully saturated rings. The number of carbonyl (C=O) groups is 2. The first kappa shape index (κ1) is 11.0. The van der Waals surface area contributed by atoms with Crippen LogP contribution < -0.4 is 10.6 Å². The van der Waals surface area contributed by atoms with Gasteiger partial charge in [0.2, 0.25) is 5.91 Å². The van der Waals surface area contributed by atoms with Crippen molar-refractivity contribution in [2.45, 2.75) is 19.3 Å². The van der Waals surface area contributed by atoms with E-state index in [1.807, 2.05) is 0 Å². The number of nitrogens with one attached hydrogen (secondary N) is 2. The number of carboxylic acids is 1. The van der Waals surface area contributed by atoms with Gasteiger partial charge in [0, 0.05) is 6.54 Å². The fourth-order valence-electron chi connectivity index (χ4n) is 1.56. The Kier molecular flexibility index (Phi) is 3.46. The summed E-state index contributed by atoms with van der Waals surface area (Å²) in [6, 6.07) is 0. The van der Waals surface area contributed by atoms with Crippen LogP contribution in [0.25, 0.3) is 0 Å². The standard InChI is InChI=1S/C9H16N2O3/c1-10-5-7(12)11-6-9(8(13)14)3-2-4-9/h10H,2-6H2,1H3,(H,11,12)(H,13,14). The van der Waals surface area contributed by atoms with Crippen molar-refractivity contribution in [2.75, 3.05) is 20.1 Å². The smallest absolute Gasteiger partial charge is 0.311 e. The van der Waals surface area contributed by atoms with Crippen molar-refractivity contribution in [3.63, 3.8) is 0 Å². The fourth-order valence-corrected chi connectivity index (χ4v) is 1.56. The van der Waals surface area contributed by atoms with Gasteiger partial charge < -0.3 is 15.7 Å². The molecule has 80 valence electrons. The Labute approximate surface area is 82.9 Å². The Bertz CT molecular complexity index is 236. The molecule has 0 aromatic rings. The Balaban J connectivity index is 2.35. The van der Waals surface area contributed by atoms with Gasteiger partial charge in [-0.2, -0.15) is 0 Å². The molecule has 0 aromatic carbocycles. The largest absolute Gasteiger partial charge is 0.481 e. The zero-order valence-electron chi connectivity index (χ0n) is 8.30. The van der Waals surface area contributed by atoms with Gasteiger partial charge in [-0.05, 0) is 19.9 Å². The highest BCUT2D eigenvalue weighted by molar-refractivity contribution is 5.80. The molecule has 1 aliphatic rings. The second-order valence-electron chi connectivity index (χ2n) is 3.75. The first-order chi connectivity index (χ1) is 6.60. The van der Waals surface area contributed by atoms with Crippen molar-refractivity contribution < 1.29 is 14.7 Å². The van der Waals surface area contributed by atoms with Crippen LogP contribution >= 0.6 is 0 Å². The lowest BCUT2D eigenvalue weighted by Gasteiger charge is -2.37. The van der Waals surface area contributed by atoms with Gasteiger partial charge in [0.25, 0.3) is 0 Å². The van der Waals surface area contributed by atoms with Crippen LogP contribution in [0.4, 0.5) is 0 Å². The molecular weight excluding hydrogens is 184 g/mol. The van der Waals surface area contributed by atoms with Crippen molar-refractivity contribution in [3.05, 3.63) is 0 Å². The molecule has 0 saturated heterocycles. The third-order valence-corrected chi connectivity index (χ3v) is 2.73. The number of likely N-dealkylation sites (N-methyl/N-ethyl adjacent to an activating group) is 1. The summed E-state index contributed by atoms with van der Waals surface area (Å²) < 4.78 is 0. The summed E-state index contributed by atoms with van der Waals surface area (Å²) >= 11 is 0. The molecule has 1 saturated carbocycles. The average Bonchev–Trinajstić information content (AvgIpc) is 2.02. The minimum atomic E-state index is -0.798. The molecule has 0 aliphatic heterocycles. The molecule has 0 bridgehead atoms. The lowest BCUT2D eigenvalue weighted by Crippen LogP contribution is -2.48. The molecule has 0 spiro atoms. The molecule has 3 N–H and O–H groups in total. The van der Waals surface area contributed by atoms with Crippen LogP contribution in [0.15, 0.2) is 0 Å². The zero-order valence-corrected chi connectivity index (χ0v) is 8.30. The molecular formula is C9H16N2O3. The lowest BCUT2D eigenvalue weighted by atomic mass is 9.69. The molecule has 0 heterocycles. The van der Waals surface area contributed by atoms with Gasteiger partial charge in [-0.1, -0.05) is 6.42 Å². The van der Waals surface area contributed by atoms with Crippen LogP contribution in [0.3, 0.4) is 0 Å². The Morgan fingerprint density at radius 1 is 1.43 bits per heavy atom. The SMILES string of the molecule is CNCC(=O)NCC1(C(=O)O)CCC1. The monoisotopic (exact) mass is 200 g/mol. The van der Waals surface area contributed by atoms with Crippen molar-refractivity contribution >= 4 is 11.9 Å². The first-order valence-electron chi connectivity index (χ1n) is 4.75. The van der Waals surface area contributed by atoms with Gasteiger partial charge in [0.1, 0.15) is 0 Å². The minimum Gasteiger partial charge on any atom is -0.481 e. The number of hydrogen-bond acceptors (Lipinski definition) is 3. The van der Waals surface area contributed by atoms with Gasteiger partial charge >= 0.3 is 5.97 Å². The van der Waals surface area contributed by atoms with E-state index in [1.165, 1.54) is 0 Å². The maximum absolute atomic E-state index is 11.1. The van der Waals surface area contributed by atoms with Gasteiger partial charge in [-0.15, -0.1) is 0 Å². The van der Waals surface area contributed by atoms with Crippen LogP contribution in [0.5, 0.6) is 0 Å². The normalized spacial score (nSPS) is 18.4. The van der Waals surface area contributed by atoms with Gasteiger partial charge in [0.15, 0.2) is 0 Å². The Morgan fingerprint density at radius 3 is 2.43 bits per heavy atom. The average molecular weight is 200 g/mol. The Hall–Kier alpha value is -1.10. The molecule has 1 rings (SSSR count). The topological polar surface area (TPSA) is 78.4 Å². The number of aliphatic carboxylic acids is 1. The zero-order chi connectivity index (χ0) is 10.6. The quantitative estimate of drug-likeness (QED) is 0.563. The van der Waals surface area contributed by atoms with E-state index in [2.05, 4.69) is 10.6 Å². The third kappa shape index (κ3) is 2.23. The number of rotatable bonds is 5. The van der Waals surface area contributed by atoms with E-state index < -0.39 is 11.4 Å². The summed E-state index contributed by atoms with van der Waals surface area (Å²) in [6.45, 7) is 0.485. The highest BCUT2D eigenvalue weighted by Gasteiger charge is 2.44. The van der Waals surface area contributed by atoms with Gasteiger partial charge in [-0.3, -0.25) is 9.59 Å². The molecule has 5 nitrogen and oxygen atoms in total. The van der Waals surface area contributed by atoms with E-state index >= 15 is 0 Å². The van der Waals surface area contributed by atoms with Crippen LogP contribution in [-0.4, -0.2) is 37.1 Å². The maximum atomic E-state index is 11.1. The third-order valence-electron chi connectivity index (χ3n) is 2.73. The van der Waals surface area contributed by atoms with E-state index in [4.69, 9.17) is 5.11 Å². The van der Waals surface area contributed by atoms with Crippen molar-refractivity contribution in [2.24, 2.45) is 5.41 Å². The van der Waals surface area contributed by atoms with Crippen LogP contribution in [0.1, 0.15) is 19.3 Å². The second kappa shape index (κ2) is 4.41. The summed E-state index contributed by atoms with van der Waals surface area (Å²) in [6.07, 6.45) is 2.28. The summed E-state index contributed by atoms with van der Waals surface area (Å²) in [5.74, 6) is -0.950. The molecule has 1 amide bonds. The predicted octanol–water partition coefficient (Wildman–Crippen LogP) is -0.423. The van der Waals surface area contributed by atoms with Crippen molar-refractivity contribution in [1.29, 1.82) is 0 Å². The number of carboxylic acid groups (broad SMARTS) is 1. The molecule has 0 aromatic heterocycles. The van der Waals surface area contributed by atoms with Crippen molar-refractivity contribution in [1.82, 2.24) is 10.6 Å². The second-order valence-corrected chi connectivity index (χ2v) is 3.75. The van der Waals surface area contributed by atoms with E-state index in [9.17, 15) is 9.59 Å². The predicted molar refractivity (Wildman–Crippen MR) is 50.9 cm³/mol. The van der Waals surface area contributed by atoms with E-state index in [-0.39, 0.29) is 19.0 Å². The highest BCUT2D eigenvalue weighted by atomic mass is 16.4. The minimum absolute atomic E-state index is 0.153. The van der Waals surface area contributed by atoms with E-state index in [1.54, 1.807) is 7.05 Å². The molecule has 5 heteroatoms. The fraction of sp³-hybridized carbons (Fsp3) is 0.778. The summed E-state index contributed by atoms with van der Waals surface area (Å²) in [7, 11) is 1.68. The van der Waals surface area contributed by atoms with E-state index in [0.717, 1.165) is 6.42 Å². The Morgan fingerprint density at radius 2 is 2.07 bits per heavy atom. The van der Waals surface area contributed by atoms with Crippen LogP contribution in [0.2, 0.25) is 0 Å². The maximum Gasteiger partial charge on any atom is 0.311 e. The first-order valence-corrected chi connectivity index (χ1v) is 4.75. The molecule has 0 atom stereocenters. The molecule has 14 heavy (non-hydrogen) atoms. The molecule has 0 unspecified atom stereocenters. The summed E-state index contributed by atoms with van der Waals surface area (Å²) in [4.78, 5) is 22.0. The highest BCUT2D eigenvalue weighted by Crippen LogP contribution is 2.40. The van der Waals surface area contributed by atoms with Crippen LogP contribution in [0, 0.1) is 5.41 Å². The lowest BCUT2D eigenvalue weighted by molar-refractivity contribution is -0.154. The van der Waals surface area contributed by atoms with Gasteiger partial charge in [-0.25, -0.2) is 0 Å². The molecule has 1 aliphatic carbocycles.